The first kappa shape index (κ1) is 360. The molecule has 0 saturated carbocycles. The van der Waals surface area contributed by atoms with Gasteiger partial charge in [-0.15, -0.1) is 0 Å². The van der Waals surface area contributed by atoms with E-state index in [1.54, 1.807) is 0 Å². The van der Waals surface area contributed by atoms with Gasteiger partial charge in [0.2, 0.25) is 0 Å². The summed E-state index contributed by atoms with van der Waals surface area (Å²) in [7, 11) is 0. The normalized spacial score (nSPS) is 0. The predicted octanol–water partition coefficient (Wildman–Crippen LogP) is 0.277. The molecule has 4 heteroatoms. The molecule has 0 spiro atoms. The Labute approximate surface area is 45.6 Å². The first-order chi connectivity index (χ1) is 0. The van der Waals surface area contributed by atoms with Crippen molar-refractivity contribution in [1.29, 1.82) is 0 Å². The molecule has 0 atom stereocenters. The van der Waals surface area contributed by atoms with Crippen LogP contribution in [-0.4, -0.2) is 0 Å². The van der Waals surface area contributed by atoms with Crippen LogP contribution in [0, 0.1) is 0 Å². The fourth-order valence-corrected chi connectivity index (χ4v) is 0. The summed E-state index contributed by atoms with van der Waals surface area (Å²) in [4.78, 5) is 0. The third-order valence-electron chi connectivity index (χ3n) is 0. The van der Waals surface area contributed by atoms with E-state index in [9.17, 15) is 0 Å². The van der Waals surface area contributed by atoms with E-state index in [2.05, 4.69) is 0 Å². The zero-order valence-electron chi connectivity index (χ0n) is 1.63. The summed E-state index contributed by atoms with van der Waals surface area (Å²) < 4.78 is 0. The molecule has 0 amide bonds. The molecule has 5 heavy (non-hydrogen) atoms. The molecule has 0 rings (SSSR count). The summed E-state index contributed by atoms with van der Waals surface area (Å²) in [6.07, 6.45) is 0. The third kappa shape index (κ3) is 93.3. The predicted molar refractivity (Wildman–Crippen MR) is 8.79 cm³/mol. The summed E-state index contributed by atoms with van der Waals surface area (Å²) in [5.74, 6) is 0. The molecule has 0 N–H and O–H groups in total. The summed E-state index contributed by atoms with van der Waals surface area (Å²) in [5, 5.41) is 0. The molecule has 0 aromatic heterocycles. The van der Waals surface area contributed by atoms with Gasteiger partial charge in [0.25, 0.3) is 0 Å². The zero-order chi connectivity index (χ0) is 0. The van der Waals surface area contributed by atoms with Crippen LogP contribution in [0.4, 0.5) is 0 Å². The second kappa shape index (κ2) is 180. The Morgan fingerprint density at radius 3 is 0.600 bits per heavy atom. The minimum absolute atomic E-state index is 0. The second-order valence-electron chi connectivity index (χ2n) is 0. The average Bonchev–Trinajstić information content (AvgIpc) is 0. The van der Waals surface area contributed by atoms with Gasteiger partial charge in [-0.05, 0) is 0 Å². The molecule has 0 aliphatic carbocycles. The fourth-order valence-electron chi connectivity index (χ4n) is 0. The molecule has 0 aromatic carbocycles. The van der Waals surface area contributed by atoms with Gasteiger partial charge < -0.3 is 16.4 Å². The van der Waals surface area contributed by atoms with Crippen LogP contribution in [0.3, 0.4) is 0 Å². The standard InChI is InChI=1S/CH4.Mo.3O/h1H4;;;;/q;+6;3*-2. The molecule has 0 aliphatic rings. The van der Waals surface area contributed by atoms with Crippen LogP contribution in [0.1, 0.15) is 7.43 Å². The van der Waals surface area contributed by atoms with Crippen LogP contribution in [0.5, 0.6) is 0 Å². The molecule has 0 aromatic rings. The molecule has 0 heterocycles. The van der Waals surface area contributed by atoms with Crippen molar-refractivity contribution in [3.05, 3.63) is 0 Å². The summed E-state index contributed by atoms with van der Waals surface area (Å²) in [6.45, 7) is 0. The van der Waals surface area contributed by atoms with E-state index in [1.807, 2.05) is 0 Å². The number of hydrogen-bond donors (Lipinski definition) is 0. The van der Waals surface area contributed by atoms with E-state index in [0.29, 0.717) is 0 Å². The van der Waals surface area contributed by atoms with Crippen LogP contribution in [-0.2, 0) is 37.5 Å². The van der Waals surface area contributed by atoms with Gasteiger partial charge in [0.05, 0.1) is 0 Å². The van der Waals surface area contributed by atoms with Crippen LogP contribution in [0.15, 0.2) is 0 Å². The van der Waals surface area contributed by atoms with Gasteiger partial charge in [0.15, 0.2) is 0 Å². The SMILES string of the molecule is C.[Mo+6].[O-2].[O-2].[O-2]. The molecule has 32 valence electrons. The van der Waals surface area contributed by atoms with Gasteiger partial charge in [-0.2, -0.15) is 0 Å². The maximum Gasteiger partial charge on any atom is 6.00 e. The van der Waals surface area contributed by atoms with E-state index in [0.717, 1.165) is 0 Å². The number of rotatable bonds is 0. The largest absolute Gasteiger partial charge is 6.00 e. The van der Waals surface area contributed by atoms with E-state index in [4.69, 9.17) is 0 Å². The van der Waals surface area contributed by atoms with Crippen LogP contribution < -0.4 is 0 Å². The average molecular weight is 160 g/mol. The van der Waals surface area contributed by atoms with Crippen LogP contribution >= 0.6 is 0 Å². The zero-order valence-corrected chi connectivity index (χ0v) is 3.64. The molecule has 0 bridgehead atoms. The Hall–Kier alpha value is 0.568. The van der Waals surface area contributed by atoms with Crippen molar-refractivity contribution < 1.29 is 37.5 Å². The maximum atomic E-state index is 0. The quantitative estimate of drug-likeness (QED) is 0.455. The molecule has 0 unspecified atom stereocenters. The van der Waals surface area contributed by atoms with Gasteiger partial charge in [0.1, 0.15) is 0 Å². The van der Waals surface area contributed by atoms with Crippen molar-refractivity contribution in [2.24, 2.45) is 0 Å². The second-order valence-corrected chi connectivity index (χ2v) is 0. The van der Waals surface area contributed by atoms with Crippen molar-refractivity contribution in [3.63, 3.8) is 0 Å². The smallest absolute Gasteiger partial charge is 2.00 e. The van der Waals surface area contributed by atoms with Gasteiger partial charge in [-0.25, -0.2) is 0 Å². The molecular weight excluding hydrogens is 156 g/mol. The molecule has 3 nitrogen and oxygen atoms in total. The van der Waals surface area contributed by atoms with E-state index < -0.39 is 0 Å². The monoisotopic (exact) mass is 162 g/mol. The first-order valence-corrected chi connectivity index (χ1v) is 0. The Balaban J connectivity index is 0. The van der Waals surface area contributed by atoms with Gasteiger partial charge >= 0.3 is 21.1 Å². The topological polar surface area (TPSA) is 85.5 Å². The Bertz CT molecular complexity index is 6.85. The Morgan fingerprint density at radius 1 is 0.600 bits per heavy atom. The molecule has 0 fully saturated rings. The summed E-state index contributed by atoms with van der Waals surface area (Å²) in [6, 6.07) is 0. The molecule has 0 saturated heterocycles. The summed E-state index contributed by atoms with van der Waals surface area (Å²) in [5.41, 5.74) is 0. The van der Waals surface area contributed by atoms with Gasteiger partial charge in [-0.1, -0.05) is 7.43 Å². The number of hydrogen-bond acceptors (Lipinski definition) is 0. The van der Waals surface area contributed by atoms with E-state index >= 15 is 0 Å². The Kier molecular flexibility index (Phi) is 13000. The van der Waals surface area contributed by atoms with Crippen LogP contribution in [0.25, 0.3) is 0 Å². The van der Waals surface area contributed by atoms with Crippen molar-refractivity contribution in [2.75, 3.05) is 0 Å². The van der Waals surface area contributed by atoms with E-state index in [1.165, 1.54) is 0 Å². The third-order valence-corrected chi connectivity index (χ3v) is 0. The Morgan fingerprint density at radius 2 is 0.600 bits per heavy atom. The minimum Gasteiger partial charge on any atom is -2.00 e. The fraction of sp³-hybridized carbons (Fsp3) is 1.00. The molecular formula is CH4MoO3. The van der Waals surface area contributed by atoms with E-state index in [-0.39, 0.29) is 44.9 Å². The summed E-state index contributed by atoms with van der Waals surface area (Å²) >= 11 is 0. The molecule has 0 aliphatic heterocycles. The van der Waals surface area contributed by atoms with Gasteiger partial charge in [0, 0.05) is 0 Å². The van der Waals surface area contributed by atoms with Gasteiger partial charge in [-0.3, -0.25) is 0 Å². The van der Waals surface area contributed by atoms with Crippen LogP contribution in [0.2, 0.25) is 0 Å². The van der Waals surface area contributed by atoms with Crippen molar-refractivity contribution >= 4 is 0 Å². The van der Waals surface area contributed by atoms with Crippen molar-refractivity contribution in [1.82, 2.24) is 0 Å². The van der Waals surface area contributed by atoms with Crippen molar-refractivity contribution in [2.45, 2.75) is 7.43 Å². The van der Waals surface area contributed by atoms with Crippen molar-refractivity contribution in [3.8, 4) is 0 Å². The first-order valence-electron chi connectivity index (χ1n) is 0. The molecule has 0 radical (unpaired) electrons. The maximum absolute atomic E-state index is 0. The minimum atomic E-state index is 0.